The lowest BCUT2D eigenvalue weighted by molar-refractivity contribution is -0.274. The van der Waals surface area contributed by atoms with Crippen molar-refractivity contribution < 1.29 is 31.4 Å². The summed E-state index contributed by atoms with van der Waals surface area (Å²) in [6, 6.07) is 8.64. The predicted octanol–water partition coefficient (Wildman–Crippen LogP) is 5.88. The maximum Gasteiger partial charge on any atom is 0.573 e. The minimum atomic E-state index is -4.98. The molecule has 0 heterocycles. The first-order chi connectivity index (χ1) is 14.3. The molecule has 0 aromatic heterocycles. The number of hydrogen-bond acceptors (Lipinski definition) is 5. The standard InChI is InChI=1S/C22H22F3NO4S/c1-13(2)19-9-15(10-20(14(3)4)21(19)27)8-18(12-26)31(28,29)17-7-5-6-16(11-17)30-22(23,24)25/h5-11,13-14,27H,1-4H3/b18-8-. The maximum atomic E-state index is 12.9. The Morgan fingerprint density at radius 1 is 1.10 bits per heavy atom. The monoisotopic (exact) mass is 453 g/mol. The number of ether oxygens (including phenoxy) is 1. The summed E-state index contributed by atoms with van der Waals surface area (Å²) in [5.41, 5.74) is 1.56. The van der Waals surface area contributed by atoms with Crippen LogP contribution in [-0.4, -0.2) is 19.9 Å². The number of phenols is 1. The molecule has 0 aliphatic heterocycles. The third-order valence-corrected chi connectivity index (χ3v) is 6.14. The highest BCUT2D eigenvalue weighted by Crippen LogP contribution is 2.36. The minimum absolute atomic E-state index is 0.0656. The van der Waals surface area contributed by atoms with Gasteiger partial charge >= 0.3 is 6.36 Å². The van der Waals surface area contributed by atoms with Crippen LogP contribution in [0.2, 0.25) is 0 Å². The molecule has 31 heavy (non-hydrogen) atoms. The van der Waals surface area contributed by atoms with E-state index in [0.717, 1.165) is 24.3 Å². The molecular weight excluding hydrogens is 431 g/mol. The molecule has 1 N–H and O–H groups in total. The van der Waals surface area contributed by atoms with Crippen molar-refractivity contribution in [2.45, 2.75) is 50.8 Å². The summed E-state index contributed by atoms with van der Waals surface area (Å²) in [4.78, 5) is -1.15. The van der Waals surface area contributed by atoms with E-state index in [9.17, 15) is 32.0 Å². The molecule has 0 aliphatic rings. The quantitative estimate of drug-likeness (QED) is 0.552. The van der Waals surface area contributed by atoms with Crippen molar-refractivity contribution >= 4 is 15.9 Å². The minimum Gasteiger partial charge on any atom is -0.507 e. The van der Waals surface area contributed by atoms with E-state index in [1.165, 1.54) is 0 Å². The lowest BCUT2D eigenvalue weighted by atomic mass is 9.91. The Bertz CT molecular complexity index is 1120. The van der Waals surface area contributed by atoms with Crippen LogP contribution in [-0.2, 0) is 9.84 Å². The predicted molar refractivity (Wildman–Crippen MR) is 110 cm³/mol. The highest BCUT2D eigenvalue weighted by Gasteiger charge is 2.32. The first kappa shape index (κ1) is 24.3. The van der Waals surface area contributed by atoms with Crippen molar-refractivity contribution in [3.8, 4) is 17.6 Å². The molecule has 0 amide bonds. The van der Waals surface area contributed by atoms with Gasteiger partial charge in [-0.05, 0) is 64.9 Å². The molecule has 0 saturated heterocycles. The Kier molecular flexibility index (Phi) is 7.06. The van der Waals surface area contributed by atoms with E-state index in [0.29, 0.717) is 22.8 Å². The topological polar surface area (TPSA) is 87.4 Å². The molecular formula is C22H22F3NO4S. The van der Waals surface area contributed by atoms with Gasteiger partial charge in [-0.25, -0.2) is 8.42 Å². The second-order valence-electron chi connectivity index (χ2n) is 7.50. The van der Waals surface area contributed by atoms with Crippen LogP contribution < -0.4 is 4.74 Å². The van der Waals surface area contributed by atoms with Crippen molar-refractivity contribution in [1.82, 2.24) is 0 Å². The van der Waals surface area contributed by atoms with E-state index in [2.05, 4.69) is 4.74 Å². The molecule has 0 aliphatic carbocycles. The Morgan fingerprint density at radius 2 is 1.65 bits per heavy atom. The van der Waals surface area contributed by atoms with Crippen LogP contribution in [0.3, 0.4) is 0 Å². The van der Waals surface area contributed by atoms with Gasteiger partial charge in [0.1, 0.15) is 22.5 Å². The summed E-state index contributed by atoms with van der Waals surface area (Å²) in [6.45, 7) is 7.45. The molecule has 5 nitrogen and oxygen atoms in total. The van der Waals surface area contributed by atoms with Crippen LogP contribution in [0.25, 0.3) is 6.08 Å². The van der Waals surface area contributed by atoms with Crippen molar-refractivity contribution in [2.24, 2.45) is 0 Å². The van der Waals surface area contributed by atoms with Crippen LogP contribution in [0.4, 0.5) is 13.2 Å². The number of hydrogen-bond donors (Lipinski definition) is 1. The van der Waals surface area contributed by atoms with Crippen molar-refractivity contribution in [3.63, 3.8) is 0 Å². The molecule has 0 radical (unpaired) electrons. The number of phenolic OH excluding ortho intramolecular Hbond substituents is 1. The second-order valence-corrected chi connectivity index (χ2v) is 9.42. The van der Waals surface area contributed by atoms with Gasteiger partial charge in [0, 0.05) is 0 Å². The fourth-order valence-electron chi connectivity index (χ4n) is 2.95. The van der Waals surface area contributed by atoms with Gasteiger partial charge in [-0.1, -0.05) is 33.8 Å². The van der Waals surface area contributed by atoms with Gasteiger partial charge in [-0.3, -0.25) is 0 Å². The molecule has 9 heteroatoms. The lowest BCUT2D eigenvalue weighted by Crippen LogP contribution is -2.17. The van der Waals surface area contributed by atoms with Crippen LogP contribution in [0.15, 0.2) is 46.2 Å². The number of benzene rings is 2. The van der Waals surface area contributed by atoms with Crippen LogP contribution in [0.1, 0.15) is 56.2 Å². The van der Waals surface area contributed by atoms with E-state index in [4.69, 9.17) is 0 Å². The Balaban J connectivity index is 2.60. The summed E-state index contributed by atoms with van der Waals surface area (Å²) in [6.07, 6.45) is -3.84. The molecule has 166 valence electrons. The fraction of sp³-hybridized carbons (Fsp3) is 0.318. The fourth-order valence-corrected chi connectivity index (χ4v) is 4.15. The summed E-state index contributed by atoms with van der Waals surface area (Å²) in [7, 11) is -4.41. The molecule has 0 spiro atoms. The van der Waals surface area contributed by atoms with E-state index >= 15 is 0 Å². The molecule has 2 aromatic carbocycles. The number of nitriles is 1. The Morgan fingerprint density at radius 3 is 2.10 bits per heavy atom. The summed E-state index contributed by atoms with van der Waals surface area (Å²) in [5, 5.41) is 20.0. The first-order valence-electron chi connectivity index (χ1n) is 9.35. The second kappa shape index (κ2) is 9.02. The number of aromatic hydroxyl groups is 1. The van der Waals surface area contributed by atoms with Crippen LogP contribution in [0, 0.1) is 11.3 Å². The molecule has 0 fully saturated rings. The highest BCUT2D eigenvalue weighted by atomic mass is 32.2. The molecule has 0 bridgehead atoms. The summed E-state index contributed by atoms with van der Waals surface area (Å²) >= 11 is 0. The largest absolute Gasteiger partial charge is 0.573 e. The van der Waals surface area contributed by atoms with Gasteiger partial charge in [-0.15, -0.1) is 13.2 Å². The van der Waals surface area contributed by atoms with Crippen molar-refractivity contribution in [3.05, 3.63) is 58.0 Å². The van der Waals surface area contributed by atoms with Gasteiger partial charge in [0.25, 0.3) is 0 Å². The zero-order chi connectivity index (χ0) is 23.6. The number of allylic oxidation sites excluding steroid dienone is 1. The van der Waals surface area contributed by atoms with Gasteiger partial charge < -0.3 is 9.84 Å². The zero-order valence-electron chi connectivity index (χ0n) is 17.4. The summed E-state index contributed by atoms with van der Waals surface area (Å²) < 4.78 is 67.0. The van der Waals surface area contributed by atoms with Crippen LogP contribution in [0.5, 0.6) is 11.5 Å². The Labute approximate surface area is 179 Å². The molecule has 0 atom stereocenters. The van der Waals surface area contributed by atoms with Crippen molar-refractivity contribution in [2.75, 3.05) is 0 Å². The van der Waals surface area contributed by atoms with Crippen LogP contribution >= 0.6 is 0 Å². The SMILES string of the molecule is CC(C)c1cc(/C=C(/C#N)S(=O)(=O)c2cccc(OC(F)(F)F)c2)cc(C(C)C)c1O. The number of nitrogens with zero attached hydrogens (tertiary/aromatic N) is 1. The smallest absolute Gasteiger partial charge is 0.507 e. The molecule has 0 unspecified atom stereocenters. The van der Waals surface area contributed by atoms with Gasteiger partial charge in [0.2, 0.25) is 9.84 Å². The maximum absolute atomic E-state index is 12.9. The highest BCUT2D eigenvalue weighted by molar-refractivity contribution is 7.95. The number of rotatable bonds is 6. The summed E-state index contributed by atoms with van der Waals surface area (Å²) in [5.74, 6) is -0.728. The molecule has 2 aromatic rings. The third-order valence-electron chi connectivity index (χ3n) is 4.48. The van der Waals surface area contributed by atoms with Crippen molar-refractivity contribution in [1.29, 1.82) is 5.26 Å². The number of halogens is 3. The number of sulfone groups is 1. The first-order valence-corrected chi connectivity index (χ1v) is 10.8. The van der Waals surface area contributed by atoms with E-state index in [1.54, 1.807) is 18.2 Å². The average molecular weight is 453 g/mol. The number of alkyl halides is 3. The van der Waals surface area contributed by atoms with Gasteiger partial charge in [-0.2, -0.15) is 5.26 Å². The Hall–Kier alpha value is -2.99. The van der Waals surface area contributed by atoms with E-state index < -0.39 is 31.7 Å². The average Bonchev–Trinajstić information content (AvgIpc) is 2.65. The lowest BCUT2D eigenvalue weighted by Gasteiger charge is -2.16. The van der Waals surface area contributed by atoms with E-state index in [1.807, 2.05) is 27.7 Å². The third kappa shape index (κ3) is 5.79. The zero-order valence-corrected chi connectivity index (χ0v) is 18.2. The van der Waals surface area contributed by atoms with E-state index in [-0.39, 0.29) is 17.6 Å². The molecule has 2 rings (SSSR count). The normalized spacial score (nSPS) is 12.8. The molecule has 0 saturated carbocycles. The van der Waals surface area contributed by atoms with Gasteiger partial charge in [0.15, 0.2) is 0 Å². The van der Waals surface area contributed by atoms with Gasteiger partial charge in [0.05, 0.1) is 4.90 Å².